The molecule has 0 aliphatic heterocycles. The Hall–Kier alpha value is -3.35. The van der Waals surface area contributed by atoms with Crippen LogP contribution in [0, 0.1) is 12.7 Å². The Morgan fingerprint density at radius 3 is 2.60 bits per heavy atom. The van der Waals surface area contributed by atoms with E-state index in [1.165, 1.54) is 6.07 Å². The largest absolute Gasteiger partial charge is 0.299 e. The van der Waals surface area contributed by atoms with Gasteiger partial charge in [-0.2, -0.15) is 0 Å². The summed E-state index contributed by atoms with van der Waals surface area (Å²) in [5.74, 6) is -0.391. The number of nitrogens with one attached hydrogen (secondary N) is 1. The van der Waals surface area contributed by atoms with E-state index in [1.807, 2.05) is 37.3 Å². The Labute approximate surface area is 141 Å². The number of H-pyrrole nitrogens is 1. The average Bonchev–Trinajstić information content (AvgIpc) is 3.04. The number of aromatic amines is 1. The van der Waals surface area contributed by atoms with E-state index < -0.39 is 11.4 Å². The van der Waals surface area contributed by atoms with Gasteiger partial charge in [-0.05, 0) is 40.0 Å². The third-order valence-corrected chi connectivity index (χ3v) is 4.00. The van der Waals surface area contributed by atoms with Crippen LogP contribution in [-0.2, 0) is 6.42 Å². The summed E-state index contributed by atoms with van der Waals surface area (Å²) in [6.45, 7) is 2.00. The van der Waals surface area contributed by atoms with Gasteiger partial charge >= 0.3 is 0 Å². The number of aromatic nitrogens is 4. The van der Waals surface area contributed by atoms with Crippen LogP contribution in [0.25, 0.3) is 22.4 Å². The summed E-state index contributed by atoms with van der Waals surface area (Å²) >= 11 is 0. The predicted octanol–water partition coefficient (Wildman–Crippen LogP) is 3.01. The Morgan fingerprint density at radius 1 is 1.08 bits per heavy atom. The van der Waals surface area contributed by atoms with E-state index >= 15 is 0 Å². The second kappa shape index (κ2) is 5.94. The molecule has 0 bridgehead atoms. The van der Waals surface area contributed by atoms with Crippen LogP contribution in [0.5, 0.6) is 0 Å². The molecule has 0 unspecified atom stereocenters. The molecule has 0 fully saturated rings. The van der Waals surface area contributed by atoms with E-state index in [0.717, 1.165) is 16.7 Å². The number of rotatable bonds is 3. The van der Waals surface area contributed by atoms with Crippen LogP contribution >= 0.6 is 0 Å². The zero-order chi connectivity index (χ0) is 17.4. The predicted molar refractivity (Wildman–Crippen MR) is 89.6 cm³/mol. The van der Waals surface area contributed by atoms with Crippen molar-refractivity contribution in [3.05, 3.63) is 75.5 Å². The van der Waals surface area contributed by atoms with Crippen LogP contribution in [0.2, 0.25) is 0 Å². The molecule has 124 valence electrons. The summed E-state index contributed by atoms with van der Waals surface area (Å²) in [5.41, 5.74) is 3.31. The first-order valence-electron chi connectivity index (χ1n) is 7.67. The standard InChI is InChI=1S/C18H13FN4O2/c1-10-2-4-11(5-3-10)12-6-7-13(14(19)8-12)9-15-18(24)21-17-16(20-15)22-25-23-17/h2-8H,9H2,1H3,(H,21,23,24). The maximum Gasteiger partial charge on any atom is 0.271 e. The lowest BCUT2D eigenvalue weighted by molar-refractivity contribution is 0.314. The van der Waals surface area contributed by atoms with E-state index in [0.29, 0.717) is 5.56 Å². The molecule has 0 spiro atoms. The smallest absolute Gasteiger partial charge is 0.271 e. The lowest BCUT2D eigenvalue weighted by Crippen LogP contribution is -2.16. The van der Waals surface area contributed by atoms with Crippen molar-refractivity contribution in [3.63, 3.8) is 0 Å². The first kappa shape index (κ1) is 15.2. The van der Waals surface area contributed by atoms with Gasteiger partial charge in [-0.25, -0.2) is 14.0 Å². The highest BCUT2D eigenvalue weighted by molar-refractivity contribution is 5.64. The van der Waals surface area contributed by atoms with Gasteiger partial charge in [-0.3, -0.25) is 9.78 Å². The summed E-state index contributed by atoms with van der Waals surface area (Å²) in [4.78, 5) is 18.6. The summed E-state index contributed by atoms with van der Waals surface area (Å²) < 4.78 is 19.0. The lowest BCUT2D eigenvalue weighted by Gasteiger charge is -2.06. The molecular weight excluding hydrogens is 323 g/mol. The minimum atomic E-state index is -0.440. The van der Waals surface area contributed by atoms with Gasteiger partial charge < -0.3 is 0 Å². The zero-order valence-corrected chi connectivity index (χ0v) is 13.3. The van der Waals surface area contributed by atoms with Gasteiger partial charge in [-0.15, -0.1) is 0 Å². The molecule has 0 amide bonds. The first-order valence-corrected chi connectivity index (χ1v) is 7.67. The van der Waals surface area contributed by atoms with Crippen LogP contribution in [0.3, 0.4) is 0 Å². The third kappa shape index (κ3) is 2.91. The average molecular weight is 336 g/mol. The highest BCUT2D eigenvalue weighted by Gasteiger charge is 2.12. The second-order valence-electron chi connectivity index (χ2n) is 5.80. The van der Waals surface area contributed by atoms with Crippen LogP contribution in [-0.4, -0.2) is 20.3 Å². The monoisotopic (exact) mass is 336 g/mol. The fourth-order valence-corrected chi connectivity index (χ4v) is 2.61. The number of nitrogens with zero attached hydrogens (tertiary/aromatic N) is 3. The number of fused-ring (bicyclic) bond motifs is 1. The molecule has 4 rings (SSSR count). The number of aryl methyl sites for hydroxylation is 1. The highest BCUT2D eigenvalue weighted by atomic mass is 19.1. The lowest BCUT2D eigenvalue weighted by atomic mass is 10.0. The number of halogens is 1. The van der Waals surface area contributed by atoms with Crippen LogP contribution < -0.4 is 5.56 Å². The summed E-state index contributed by atoms with van der Waals surface area (Å²) in [7, 11) is 0. The molecule has 7 heteroatoms. The number of benzene rings is 2. The molecule has 0 aliphatic carbocycles. The Balaban J connectivity index is 1.67. The van der Waals surface area contributed by atoms with Crippen molar-refractivity contribution in [2.75, 3.05) is 0 Å². The number of hydrogen-bond donors (Lipinski definition) is 1. The van der Waals surface area contributed by atoms with Crippen LogP contribution in [0.15, 0.2) is 51.9 Å². The Kier molecular flexibility index (Phi) is 3.61. The van der Waals surface area contributed by atoms with Gasteiger partial charge in [0.25, 0.3) is 5.56 Å². The Morgan fingerprint density at radius 2 is 1.84 bits per heavy atom. The quantitative estimate of drug-likeness (QED) is 0.622. The highest BCUT2D eigenvalue weighted by Crippen LogP contribution is 2.23. The van der Waals surface area contributed by atoms with Crippen molar-refractivity contribution in [1.82, 2.24) is 20.3 Å². The van der Waals surface area contributed by atoms with Gasteiger partial charge in [0.05, 0.1) is 0 Å². The van der Waals surface area contributed by atoms with E-state index in [4.69, 9.17) is 0 Å². The SMILES string of the molecule is Cc1ccc(-c2ccc(Cc3nc4nonc4[nH]c3=O)c(F)c2)cc1. The van der Waals surface area contributed by atoms with Gasteiger partial charge in [0.2, 0.25) is 11.3 Å². The molecule has 6 nitrogen and oxygen atoms in total. The maximum absolute atomic E-state index is 14.5. The molecule has 0 aliphatic rings. The molecule has 1 N–H and O–H groups in total. The third-order valence-electron chi connectivity index (χ3n) is 4.00. The van der Waals surface area contributed by atoms with E-state index in [9.17, 15) is 9.18 Å². The van der Waals surface area contributed by atoms with Crippen molar-refractivity contribution >= 4 is 11.3 Å². The van der Waals surface area contributed by atoms with Gasteiger partial charge in [0.1, 0.15) is 11.5 Å². The summed E-state index contributed by atoms with van der Waals surface area (Å²) in [6, 6.07) is 12.8. The molecule has 2 heterocycles. The van der Waals surface area contributed by atoms with Crippen molar-refractivity contribution in [3.8, 4) is 11.1 Å². The van der Waals surface area contributed by atoms with Gasteiger partial charge in [0, 0.05) is 6.42 Å². The maximum atomic E-state index is 14.5. The van der Waals surface area contributed by atoms with Crippen molar-refractivity contribution in [2.24, 2.45) is 0 Å². The fourth-order valence-electron chi connectivity index (χ4n) is 2.61. The molecular formula is C18H13FN4O2. The number of hydrogen-bond acceptors (Lipinski definition) is 5. The first-order chi connectivity index (χ1) is 12.1. The summed E-state index contributed by atoms with van der Waals surface area (Å²) in [6.07, 6.45) is 0.0537. The van der Waals surface area contributed by atoms with Gasteiger partial charge in [0.15, 0.2) is 0 Å². The molecule has 25 heavy (non-hydrogen) atoms. The second-order valence-corrected chi connectivity index (χ2v) is 5.80. The van der Waals surface area contributed by atoms with E-state index in [2.05, 4.69) is 24.9 Å². The summed E-state index contributed by atoms with van der Waals surface area (Å²) in [5, 5.41) is 7.10. The van der Waals surface area contributed by atoms with Crippen molar-refractivity contribution in [1.29, 1.82) is 0 Å². The molecule has 0 saturated carbocycles. The molecule has 2 aromatic carbocycles. The van der Waals surface area contributed by atoms with E-state index in [-0.39, 0.29) is 23.4 Å². The molecule has 4 aromatic rings. The van der Waals surface area contributed by atoms with Crippen molar-refractivity contribution in [2.45, 2.75) is 13.3 Å². The van der Waals surface area contributed by atoms with Crippen LogP contribution in [0.1, 0.15) is 16.8 Å². The van der Waals surface area contributed by atoms with Crippen LogP contribution in [0.4, 0.5) is 4.39 Å². The topological polar surface area (TPSA) is 84.7 Å². The molecule has 2 aromatic heterocycles. The minimum absolute atomic E-state index is 0.0537. The van der Waals surface area contributed by atoms with E-state index in [1.54, 1.807) is 6.07 Å². The molecule has 0 atom stereocenters. The molecule has 0 radical (unpaired) electrons. The van der Waals surface area contributed by atoms with Gasteiger partial charge in [-0.1, -0.05) is 42.0 Å². The minimum Gasteiger partial charge on any atom is -0.299 e. The Bertz CT molecular complexity index is 1120. The zero-order valence-electron chi connectivity index (χ0n) is 13.3. The molecule has 0 saturated heterocycles. The normalized spacial score (nSPS) is 11.1. The van der Waals surface area contributed by atoms with Crippen molar-refractivity contribution < 1.29 is 9.02 Å². The fraction of sp³-hybridized carbons (Fsp3) is 0.111.